The average molecular weight is 230 g/mol. The van der Waals surface area contributed by atoms with E-state index in [-0.39, 0.29) is 11.9 Å². The number of nitrogens with zero attached hydrogens (tertiary/aromatic N) is 1. The van der Waals surface area contributed by atoms with E-state index in [0.717, 1.165) is 6.42 Å². The van der Waals surface area contributed by atoms with Crippen LogP contribution in [-0.4, -0.2) is 23.1 Å². The van der Waals surface area contributed by atoms with Crippen LogP contribution in [0.3, 0.4) is 0 Å². The third-order valence-electron chi connectivity index (χ3n) is 2.25. The molecule has 84 valence electrons. The minimum Gasteiger partial charge on any atom is -0.349 e. The lowest BCUT2D eigenvalue weighted by atomic mass is 10.2. The molecule has 1 amide bonds. The van der Waals surface area contributed by atoms with Crippen LogP contribution in [-0.2, 0) is 7.05 Å². The molecule has 1 rings (SSSR count). The lowest BCUT2D eigenvalue weighted by molar-refractivity contribution is 0.0943. The Morgan fingerprint density at radius 2 is 2.40 bits per heavy atom. The summed E-state index contributed by atoms with van der Waals surface area (Å²) in [6.45, 7) is 2.47. The molecular weight excluding hydrogens is 214 g/mol. The zero-order valence-electron chi connectivity index (χ0n) is 8.96. The molecule has 1 aromatic rings. The van der Waals surface area contributed by atoms with Gasteiger partial charge < -0.3 is 15.6 Å². The number of carbonyl (C=O) groups is 1. The Kier molecular flexibility index (Phi) is 4.17. The molecule has 0 saturated carbocycles. The van der Waals surface area contributed by atoms with Gasteiger partial charge in [-0.3, -0.25) is 4.79 Å². The molecule has 0 aromatic carbocycles. The van der Waals surface area contributed by atoms with Crippen molar-refractivity contribution in [1.29, 1.82) is 0 Å². The molecule has 0 spiro atoms. The Balaban J connectivity index is 2.58. The van der Waals surface area contributed by atoms with Gasteiger partial charge in [0, 0.05) is 25.8 Å². The number of hydrogen-bond acceptors (Lipinski definition) is 2. The standard InChI is InChI=1S/C10H16ClN3O/c1-3-8(12)5-13-10(15)9-4-7(11)6-14(9)2/h4,6,8H,3,5,12H2,1-2H3,(H,13,15). The second kappa shape index (κ2) is 5.19. The van der Waals surface area contributed by atoms with Gasteiger partial charge >= 0.3 is 0 Å². The quantitative estimate of drug-likeness (QED) is 0.814. The van der Waals surface area contributed by atoms with Crippen molar-refractivity contribution in [2.45, 2.75) is 19.4 Å². The van der Waals surface area contributed by atoms with Gasteiger partial charge in [-0.1, -0.05) is 18.5 Å². The van der Waals surface area contributed by atoms with Crippen LogP contribution in [0.15, 0.2) is 12.3 Å². The number of rotatable bonds is 4. The predicted octanol–water partition coefficient (Wildman–Crippen LogP) is 1.15. The number of nitrogens with one attached hydrogen (secondary N) is 1. The second-order valence-corrected chi connectivity index (χ2v) is 3.97. The van der Waals surface area contributed by atoms with Gasteiger partial charge in [-0.25, -0.2) is 0 Å². The van der Waals surface area contributed by atoms with Gasteiger partial charge in [0.2, 0.25) is 0 Å². The summed E-state index contributed by atoms with van der Waals surface area (Å²) in [5, 5.41) is 3.32. The van der Waals surface area contributed by atoms with Crippen molar-refractivity contribution in [3.05, 3.63) is 23.0 Å². The Labute approximate surface area is 94.4 Å². The van der Waals surface area contributed by atoms with Crippen LogP contribution in [0.25, 0.3) is 0 Å². The number of halogens is 1. The van der Waals surface area contributed by atoms with Crippen molar-refractivity contribution in [2.75, 3.05) is 6.54 Å². The molecule has 0 aliphatic rings. The summed E-state index contributed by atoms with van der Waals surface area (Å²) in [7, 11) is 1.78. The fourth-order valence-corrected chi connectivity index (χ4v) is 1.46. The average Bonchev–Trinajstić information content (AvgIpc) is 2.53. The largest absolute Gasteiger partial charge is 0.349 e. The molecule has 0 saturated heterocycles. The molecule has 0 fully saturated rings. The van der Waals surface area contributed by atoms with E-state index in [4.69, 9.17) is 17.3 Å². The molecule has 1 heterocycles. The van der Waals surface area contributed by atoms with Crippen molar-refractivity contribution in [1.82, 2.24) is 9.88 Å². The highest BCUT2D eigenvalue weighted by Crippen LogP contribution is 2.12. The third kappa shape index (κ3) is 3.25. The SMILES string of the molecule is CCC(N)CNC(=O)c1cc(Cl)cn1C. The summed E-state index contributed by atoms with van der Waals surface area (Å²) in [6, 6.07) is 1.64. The fourth-order valence-electron chi connectivity index (χ4n) is 1.21. The first-order chi connectivity index (χ1) is 7.04. The Morgan fingerprint density at radius 1 is 1.73 bits per heavy atom. The van der Waals surface area contributed by atoms with Gasteiger partial charge in [0.15, 0.2) is 0 Å². The fraction of sp³-hybridized carbons (Fsp3) is 0.500. The summed E-state index contributed by atoms with van der Waals surface area (Å²) >= 11 is 5.77. The van der Waals surface area contributed by atoms with Crippen molar-refractivity contribution < 1.29 is 4.79 Å². The summed E-state index contributed by atoms with van der Waals surface area (Å²) in [5.41, 5.74) is 6.24. The molecule has 0 radical (unpaired) electrons. The minimum absolute atomic E-state index is 0.00434. The first-order valence-corrected chi connectivity index (χ1v) is 5.28. The Morgan fingerprint density at radius 3 is 2.87 bits per heavy atom. The highest BCUT2D eigenvalue weighted by atomic mass is 35.5. The molecule has 3 N–H and O–H groups in total. The molecule has 0 bridgehead atoms. The highest BCUT2D eigenvalue weighted by Gasteiger charge is 2.11. The number of nitrogens with two attached hydrogens (primary N) is 1. The molecule has 1 unspecified atom stereocenters. The van der Waals surface area contributed by atoms with Crippen LogP contribution in [0.4, 0.5) is 0 Å². The number of hydrogen-bond donors (Lipinski definition) is 2. The highest BCUT2D eigenvalue weighted by molar-refractivity contribution is 6.31. The van der Waals surface area contributed by atoms with Crippen LogP contribution >= 0.6 is 11.6 Å². The maximum absolute atomic E-state index is 11.7. The van der Waals surface area contributed by atoms with Crippen molar-refractivity contribution in [3.63, 3.8) is 0 Å². The maximum Gasteiger partial charge on any atom is 0.268 e. The van der Waals surface area contributed by atoms with Crippen molar-refractivity contribution in [3.8, 4) is 0 Å². The zero-order chi connectivity index (χ0) is 11.4. The van der Waals surface area contributed by atoms with E-state index in [0.29, 0.717) is 17.3 Å². The first-order valence-electron chi connectivity index (χ1n) is 4.90. The third-order valence-corrected chi connectivity index (χ3v) is 2.46. The smallest absolute Gasteiger partial charge is 0.268 e. The number of amides is 1. The first kappa shape index (κ1) is 12.1. The molecule has 0 aliphatic carbocycles. The maximum atomic E-state index is 11.7. The molecular formula is C10H16ClN3O. The summed E-state index contributed by atoms with van der Waals surface area (Å²) in [6.07, 6.45) is 2.53. The molecule has 5 heteroatoms. The molecule has 0 aliphatic heterocycles. The Hall–Kier alpha value is -1.00. The number of carbonyl (C=O) groups excluding carboxylic acids is 1. The molecule has 4 nitrogen and oxygen atoms in total. The van der Waals surface area contributed by atoms with E-state index in [2.05, 4.69) is 5.32 Å². The normalized spacial score (nSPS) is 12.5. The van der Waals surface area contributed by atoms with Gasteiger partial charge in [-0.2, -0.15) is 0 Å². The summed E-state index contributed by atoms with van der Waals surface area (Å²) in [5.74, 6) is -0.145. The second-order valence-electron chi connectivity index (χ2n) is 3.53. The van der Waals surface area contributed by atoms with E-state index in [9.17, 15) is 4.79 Å². The van der Waals surface area contributed by atoms with Gasteiger partial charge in [0.25, 0.3) is 5.91 Å². The van der Waals surface area contributed by atoms with Gasteiger partial charge in [-0.15, -0.1) is 0 Å². The van der Waals surface area contributed by atoms with E-state index in [1.54, 1.807) is 23.9 Å². The lowest BCUT2D eigenvalue weighted by Gasteiger charge is -2.10. The zero-order valence-corrected chi connectivity index (χ0v) is 9.71. The van der Waals surface area contributed by atoms with Crippen molar-refractivity contribution >= 4 is 17.5 Å². The van der Waals surface area contributed by atoms with E-state index in [1.165, 1.54) is 0 Å². The van der Waals surface area contributed by atoms with Crippen LogP contribution < -0.4 is 11.1 Å². The van der Waals surface area contributed by atoms with E-state index < -0.39 is 0 Å². The van der Waals surface area contributed by atoms with Gasteiger partial charge in [0.05, 0.1) is 5.02 Å². The summed E-state index contributed by atoms with van der Waals surface area (Å²) < 4.78 is 1.69. The molecule has 1 atom stereocenters. The van der Waals surface area contributed by atoms with Gasteiger partial charge in [-0.05, 0) is 12.5 Å². The van der Waals surface area contributed by atoms with E-state index in [1.807, 2.05) is 6.92 Å². The van der Waals surface area contributed by atoms with E-state index >= 15 is 0 Å². The van der Waals surface area contributed by atoms with Crippen molar-refractivity contribution in [2.24, 2.45) is 12.8 Å². The number of aromatic nitrogens is 1. The van der Waals surface area contributed by atoms with Crippen LogP contribution in [0.2, 0.25) is 5.02 Å². The Bertz CT molecular complexity index is 348. The van der Waals surface area contributed by atoms with Gasteiger partial charge in [0.1, 0.15) is 5.69 Å². The van der Waals surface area contributed by atoms with Crippen LogP contribution in [0, 0.1) is 0 Å². The lowest BCUT2D eigenvalue weighted by Crippen LogP contribution is -2.37. The topological polar surface area (TPSA) is 60.0 Å². The molecule has 1 aromatic heterocycles. The monoisotopic (exact) mass is 229 g/mol. The minimum atomic E-state index is -0.145. The molecule has 15 heavy (non-hydrogen) atoms. The predicted molar refractivity (Wildman–Crippen MR) is 61.0 cm³/mol. The summed E-state index contributed by atoms with van der Waals surface area (Å²) in [4.78, 5) is 11.7. The number of aryl methyl sites for hydroxylation is 1. The van der Waals surface area contributed by atoms with Crippen LogP contribution in [0.5, 0.6) is 0 Å². The van der Waals surface area contributed by atoms with Crippen LogP contribution in [0.1, 0.15) is 23.8 Å².